The first-order valence-corrected chi connectivity index (χ1v) is 19.8. The smallest absolute Gasteiger partial charge is 0.0788 e. The van der Waals surface area contributed by atoms with Gasteiger partial charge in [-0.25, -0.2) is 0 Å². The molecule has 1 atom stereocenters. The third-order valence-electron chi connectivity index (χ3n) is 12.2. The summed E-state index contributed by atoms with van der Waals surface area (Å²) in [6, 6.07) is 78.0. The Morgan fingerprint density at radius 2 is 0.789 bits per heavy atom. The van der Waals surface area contributed by atoms with E-state index in [9.17, 15) is 0 Å². The summed E-state index contributed by atoms with van der Waals surface area (Å²) in [6.45, 7) is 0. The van der Waals surface area contributed by atoms with Gasteiger partial charge in [-0.2, -0.15) is 0 Å². The van der Waals surface area contributed by atoms with Crippen LogP contribution in [-0.4, -0.2) is 9.13 Å². The van der Waals surface area contributed by atoms with Crippen LogP contribution in [0.2, 0.25) is 0 Å². The van der Waals surface area contributed by atoms with Crippen LogP contribution in [0, 0.1) is 0 Å². The summed E-state index contributed by atoms with van der Waals surface area (Å²) in [4.78, 5) is 0. The molecule has 0 spiro atoms. The molecule has 0 radical (unpaired) electrons. The molecule has 11 aromatic rings. The lowest BCUT2D eigenvalue weighted by atomic mass is 9.89. The van der Waals surface area contributed by atoms with Gasteiger partial charge in [-0.1, -0.05) is 164 Å². The van der Waals surface area contributed by atoms with Crippen LogP contribution in [0.15, 0.2) is 212 Å². The molecule has 0 amide bonds. The largest absolute Gasteiger partial charge is 0.307 e. The zero-order valence-electron chi connectivity index (χ0n) is 31.2. The molecule has 1 aliphatic rings. The van der Waals surface area contributed by atoms with Gasteiger partial charge in [-0.15, -0.1) is 0 Å². The molecule has 0 fully saturated rings. The van der Waals surface area contributed by atoms with Gasteiger partial charge in [-0.3, -0.25) is 0 Å². The Labute approximate surface area is 331 Å². The van der Waals surface area contributed by atoms with Crippen LogP contribution in [0.1, 0.15) is 22.6 Å². The molecule has 0 saturated heterocycles. The summed E-state index contributed by atoms with van der Waals surface area (Å²) >= 11 is 0. The third-order valence-corrected chi connectivity index (χ3v) is 12.2. The fourth-order valence-electron chi connectivity index (χ4n) is 9.66. The van der Waals surface area contributed by atoms with Gasteiger partial charge in [0.05, 0.1) is 22.1 Å². The van der Waals surface area contributed by atoms with Crippen molar-refractivity contribution in [3.05, 3.63) is 229 Å². The first-order valence-electron chi connectivity index (χ1n) is 19.8. The predicted octanol–water partition coefficient (Wildman–Crippen LogP) is 14.4. The molecule has 1 aliphatic carbocycles. The molecule has 9 aromatic carbocycles. The maximum atomic E-state index is 2.46. The molecule has 2 heterocycles. The number of nitrogens with zero attached hydrogens (tertiary/aromatic N) is 2. The van der Waals surface area contributed by atoms with Gasteiger partial charge >= 0.3 is 0 Å². The van der Waals surface area contributed by atoms with Crippen molar-refractivity contribution < 1.29 is 0 Å². The minimum absolute atomic E-state index is 0.259. The Balaban J connectivity index is 1.00. The summed E-state index contributed by atoms with van der Waals surface area (Å²) in [5.74, 6) is 0.259. The maximum Gasteiger partial charge on any atom is 0.0788 e. The minimum atomic E-state index is 0.259. The first-order chi connectivity index (χ1) is 28.3. The van der Waals surface area contributed by atoms with E-state index in [1.165, 1.54) is 93.7 Å². The molecule has 12 rings (SSSR count). The molecule has 0 bridgehead atoms. The van der Waals surface area contributed by atoms with E-state index in [4.69, 9.17) is 0 Å². The number of para-hydroxylation sites is 3. The highest BCUT2D eigenvalue weighted by Crippen LogP contribution is 2.49. The van der Waals surface area contributed by atoms with Gasteiger partial charge in [0.15, 0.2) is 0 Å². The van der Waals surface area contributed by atoms with Crippen LogP contribution in [0.5, 0.6) is 0 Å². The van der Waals surface area contributed by atoms with E-state index < -0.39 is 0 Å². The van der Waals surface area contributed by atoms with Crippen LogP contribution in [0.3, 0.4) is 0 Å². The maximum absolute atomic E-state index is 2.46. The summed E-state index contributed by atoms with van der Waals surface area (Å²) in [5.41, 5.74) is 18.8. The summed E-state index contributed by atoms with van der Waals surface area (Å²) in [6.07, 6.45) is 0. The summed E-state index contributed by atoms with van der Waals surface area (Å²) in [5, 5.41) is 5.00. The van der Waals surface area contributed by atoms with Crippen molar-refractivity contribution in [1.82, 2.24) is 9.13 Å². The highest BCUT2D eigenvalue weighted by molar-refractivity contribution is 6.24. The Hall–Kier alpha value is -7.42. The highest BCUT2D eigenvalue weighted by atomic mass is 15.0. The van der Waals surface area contributed by atoms with Crippen molar-refractivity contribution in [3.8, 4) is 44.8 Å². The van der Waals surface area contributed by atoms with Gasteiger partial charge < -0.3 is 9.13 Å². The number of rotatable bonds is 5. The Morgan fingerprint density at radius 3 is 1.47 bits per heavy atom. The van der Waals surface area contributed by atoms with Crippen molar-refractivity contribution >= 4 is 43.6 Å². The fourth-order valence-corrected chi connectivity index (χ4v) is 9.66. The van der Waals surface area contributed by atoms with Crippen molar-refractivity contribution in [3.63, 3.8) is 0 Å². The average molecular weight is 725 g/mol. The lowest BCUT2D eigenvalue weighted by molar-refractivity contribution is 1.02. The van der Waals surface area contributed by atoms with Crippen molar-refractivity contribution in [1.29, 1.82) is 0 Å². The third kappa shape index (κ3) is 4.84. The zero-order chi connectivity index (χ0) is 37.5. The van der Waals surface area contributed by atoms with Gasteiger partial charge in [-0.05, 0) is 98.6 Å². The number of hydrogen-bond donors (Lipinski definition) is 0. The second-order valence-electron chi connectivity index (χ2n) is 15.3. The van der Waals surface area contributed by atoms with E-state index >= 15 is 0 Å². The van der Waals surface area contributed by atoms with Crippen LogP contribution < -0.4 is 0 Å². The van der Waals surface area contributed by atoms with Gasteiger partial charge in [0, 0.05) is 38.8 Å². The van der Waals surface area contributed by atoms with E-state index in [0.29, 0.717) is 0 Å². The van der Waals surface area contributed by atoms with E-state index in [-0.39, 0.29) is 5.92 Å². The van der Waals surface area contributed by atoms with Gasteiger partial charge in [0.1, 0.15) is 0 Å². The quantitative estimate of drug-likeness (QED) is 0.167. The van der Waals surface area contributed by atoms with Gasteiger partial charge in [0.2, 0.25) is 0 Å². The zero-order valence-corrected chi connectivity index (χ0v) is 31.2. The van der Waals surface area contributed by atoms with E-state index in [2.05, 4.69) is 221 Å². The Bertz CT molecular complexity index is 3320. The Morgan fingerprint density at radius 1 is 0.298 bits per heavy atom. The normalized spacial score (nSPS) is 13.4. The fraction of sp³-hybridized carbons (Fsp3) is 0.0182. The standard InChI is InChI=1S/C55H36N2/c1-4-14-38(15-5-1)53-45-22-11-10-20-43(45)49-34-39(28-30-46(49)53)36-24-26-37(27-25-36)40-29-33-52-50(35-40)48-32-31-47-44-21-12-13-23-51(44)56(41-16-6-2-7-17-41)54(47)55(48)57(52)42-18-8-3-9-19-42/h1-35,53H. The average Bonchev–Trinajstić information content (AvgIpc) is 3.93. The lowest BCUT2D eigenvalue weighted by Crippen LogP contribution is -1.98. The minimum Gasteiger partial charge on any atom is -0.307 e. The Kier molecular flexibility index (Phi) is 7.02. The van der Waals surface area contributed by atoms with E-state index in [1.807, 2.05) is 0 Å². The van der Waals surface area contributed by atoms with Crippen LogP contribution in [-0.2, 0) is 0 Å². The molecule has 2 aromatic heterocycles. The molecular formula is C55H36N2. The van der Waals surface area contributed by atoms with Crippen molar-refractivity contribution in [2.24, 2.45) is 0 Å². The molecule has 2 nitrogen and oxygen atoms in total. The molecule has 0 N–H and O–H groups in total. The molecule has 0 saturated carbocycles. The first kappa shape index (κ1) is 31.9. The van der Waals surface area contributed by atoms with Crippen LogP contribution >= 0.6 is 0 Å². The second kappa shape index (κ2) is 12.6. The summed E-state index contributed by atoms with van der Waals surface area (Å²) in [7, 11) is 0. The molecule has 2 heteroatoms. The number of fused-ring (bicyclic) bond motifs is 10. The van der Waals surface area contributed by atoms with E-state index in [1.54, 1.807) is 0 Å². The number of hydrogen-bond acceptors (Lipinski definition) is 0. The van der Waals surface area contributed by atoms with Crippen molar-refractivity contribution in [2.75, 3.05) is 0 Å². The topological polar surface area (TPSA) is 9.86 Å². The second-order valence-corrected chi connectivity index (χ2v) is 15.3. The monoisotopic (exact) mass is 724 g/mol. The van der Waals surface area contributed by atoms with E-state index in [0.717, 1.165) is 11.4 Å². The molecule has 266 valence electrons. The number of benzene rings is 9. The van der Waals surface area contributed by atoms with Crippen LogP contribution in [0.4, 0.5) is 0 Å². The molecular weight excluding hydrogens is 689 g/mol. The summed E-state index contributed by atoms with van der Waals surface area (Å²) < 4.78 is 4.91. The molecule has 0 aliphatic heterocycles. The molecule has 1 unspecified atom stereocenters. The number of aromatic nitrogens is 2. The lowest BCUT2D eigenvalue weighted by Gasteiger charge is -2.14. The van der Waals surface area contributed by atoms with Gasteiger partial charge in [0.25, 0.3) is 0 Å². The predicted molar refractivity (Wildman–Crippen MR) is 239 cm³/mol. The van der Waals surface area contributed by atoms with Crippen molar-refractivity contribution in [2.45, 2.75) is 5.92 Å². The highest BCUT2D eigenvalue weighted by Gasteiger charge is 2.30. The SMILES string of the molecule is c1ccc(C2c3ccccc3-c3cc(-c4ccc(-c5ccc6c(c5)c5ccc7c8ccccc8n(-c8ccccc8)c7c5n6-c5ccccc5)cc4)ccc32)cc1. The molecule has 57 heavy (non-hydrogen) atoms. The van der Waals surface area contributed by atoms with Crippen LogP contribution in [0.25, 0.3) is 88.4 Å².